The van der Waals surface area contributed by atoms with Crippen LogP contribution in [0.4, 0.5) is 13.2 Å². The molecule has 0 spiro atoms. The fourth-order valence-electron chi connectivity index (χ4n) is 2.18. The van der Waals surface area contributed by atoms with Gasteiger partial charge in [-0.1, -0.05) is 19.1 Å². The van der Waals surface area contributed by atoms with Gasteiger partial charge in [0.1, 0.15) is 11.5 Å². The minimum Gasteiger partial charge on any atom is -0.464 e. The van der Waals surface area contributed by atoms with E-state index >= 15 is 0 Å². The maximum absolute atomic E-state index is 12.5. The molecular weight excluding hydrogens is 279 g/mol. The molecule has 1 atom stereocenters. The highest BCUT2D eigenvalue weighted by molar-refractivity contribution is 5.26. The molecule has 0 aliphatic heterocycles. The second-order valence-corrected chi connectivity index (χ2v) is 4.90. The smallest absolute Gasteiger partial charge is 0.416 e. The summed E-state index contributed by atoms with van der Waals surface area (Å²) in [4.78, 5) is 0. The summed E-state index contributed by atoms with van der Waals surface area (Å²) in [5.74, 6) is 1.70. The van der Waals surface area contributed by atoms with Crippen LogP contribution in [0.3, 0.4) is 0 Å². The lowest BCUT2D eigenvalue weighted by molar-refractivity contribution is -0.137. The number of likely N-dealkylation sites (N-methyl/N-ethyl adjacent to an activating group) is 1. The summed E-state index contributed by atoms with van der Waals surface area (Å²) in [5, 5.41) is 3.13. The van der Waals surface area contributed by atoms with Gasteiger partial charge in [-0.2, -0.15) is 13.2 Å². The molecule has 1 aromatic carbocycles. The molecule has 0 radical (unpaired) electrons. The molecule has 0 saturated heterocycles. The van der Waals surface area contributed by atoms with Gasteiger partial charge in [0.2, 0.25) is 0 Å². The largest absolute Gasteiger partial charge is 0.464 e. The topological polar surface area (TPSA) is 25.2 Å². The third kappa shape index (κ3) is 3.88. The number of halogens is 3. The first-order valence-electron chi connectivity index (χ1n) is 6.86. The van der Waals surface area contributed by atoms with E-state index < -0.39 is 11.7 Å². The number of nitrogens with one attached hydrogen (secondary N) is 1. The number of aryl methyl sites for hydroxylation is 1. The molecule has 1 N–H and O–H groups in total. The molecule has 21 heavy (non-hydrogen) atoms. The Morgan fingerprint density at radius 1 is 1.10 bits per heavy atom. The fraction of sp³-hybridized carbons (Fsp3) is 0.375. The number of hydrogen-bond donors (Lipinski definition) is 1. The summed E-state index contributed by atoms with van der Waals surface area (Å²) in [7, 11) is 1.81. The van der Waals surface area contributed by atoms with Crippen LogP contribution in [0.15, 0.2) is 40.8 Å². The van der Waals surface area contributed by atoms with Gasteiger partial charge in [0.15, 0.2) is 0 Å². The zero-order chi connectivity index (χ0) is 15.5. The summed E-state index contributed by atoms with van der Waals surface area (Å²) in [6, 6.07) is 9.02. The number of rotatable bonds is 5. The van der Waals surface area contributed by atoms with E-state index in [-0.39, 0.29) is 6.04 Å². The van der Waals surface area contributed by atoms with Crippen LogP contribution in [0, 0.1) is 0 Å². The van der Waals surface area contributed by atoms with E-state index in [1.54, 1.807) is 0 Å². The second-order valence-electron chi connectivity index (χ2n) is 4.90. The molecule has 0 amide bonds. The molecule has 0 saturated carbocycles. The third-order valence-corrected chi connectivity index (χ3v) is 3.44. The van der Waals surface area contributed by atoms with E-state index in [1.807, 2.05) is 26.1 Å². The molecule has 1 aromatic heterocycles. The van der Waals surface area contributed by atoms with Crippen molar-refractivity contribution in [1.29, 1.82) is 0 Å². The maximum Gasteiger partial charge on any atom is 0.416 e. The molecular formula is C16H18F3NO. The van der Waals surface area contributed by atoms with E-state index in [0.717, 1.165) is 35.6 Å². The third-order valence-electron chi connectivity index (χ3n) is 3.44. The summed E-state index contributed by atoms with van der Waals surface area (Å²) in [6.07, 6.45) is -2.90. The van der Waals surface area contributed by atoms with Crippen molar-refractivity contribution in [3.63, 3.8) is 0 Å². The van der Waals surface area contributed by atoms with Crippen LogP contribution < -0.4 is 5.32 Å². The lowest BCUT2D eigenvalue weighted by Gasteiger charge is -2.14. The van der Waals surface area contributed by atoms with Crippen molar-refractivity contribution in [2.45, 2.75) is 32.0 Å². The number of alkyl halides is 3. The Labute approximate surface area is 122 Å². The van der Waals surface area contributed by atoms with E-state index in [9.17, 15) is 13.2 Å². The number of hydrogen-bond acceptors (Lipinski definition) is 2. The zero-order valence-corrected chi connectivity index (χ0v) is 12.0. The Morgan fingerprint density at radius 3 is 2.24 bits per heavy atom. The molecule has 2 nitrogen and oxygen atoms in total. The Hall–Kier alpha value is -1.75. The summed E-state index contributed by atoms with van der Waals surface area (Å²) < 4.78 is 43.3. The Kier molecular flexibility index (Phi) is 4.73. The molecule has 5 heteroatoms. The van der Waals surface area contributed by atoms with E-state index in [0.29, 0.717) is 6.42 Å². The van der Waals surface area contributed by atoms with E-state index in [2.05, 4.69) is 5.32 Å². The summed E-state index contributed by atoms with van der Waals surface area (Å²) in [5.41, 5.74) is 0.204. The summed E-state index contributed by atoms with van der Waals surface area (Å²) >= 11 is 0. The van der Waals surface area contributed by atoms with E-state index in [4.69, 9.17) is 4.42 Å². The minimum absolute atomic E-state index is 0.0537. The van der Waals surface area contributed by atoms with Gasteiger partial charge in [-0.05, 0) is 43.3 Å². The normalized spacial score (nSPS) is 13.4. The van der Waals surface area contributed by atoms with Gasteiger partial charge in [-0.15, -0.1) is 0 Å². The highest BCUT2D eigenvalue weighted by Gasteiger charge is 2.30. The lowest BCUT2D eigenvalue weighted by Crippen LogP contribution is -2.18. The van der Waals surface area contributed by atoms with Gasteiger partial charge in [-0.3, -0.25) is 0 Å². The van der Waals surface area contributed by atoms with Crippen LogP contribution in [-0.2, 0) is 19.0 Å². The molecule has 0 aliphatic rings. The van der Waals surface area contributed by atoms with Gasteiger partial charge in [0, 0.05) is 6.42 Å². The van der Waals surface area contributed by atoms with Gasteiger partial charge >= 0.3 is 6.18 Å². The Balaban J connectivity index is 2.11. The van der Waals surface area contributed by atoms with Crippen LogP contribution in [0.25, 0.3) is 0 Å². The molecule has 0 aliphatic carbocycles. The Bertz CT molecular complexity index is 572. The molecule has 114 valence electrons. The first-order valence-corrected chi connectivity index (χ1v) is 6.86. The highest BCUT2D eigenvalue weighted by atomic mass is 19.4. The van der Waals surface area contributed by atoms with Crippen molar-refractivity contribution in [2.24, 2.45) is 0 Å². The minimum atomic E-state index is -4.29. The van der Waals surface area contributed by atoms with Crippen LogP contribution in [0.2, 0.25) is 0 Å². The van der Waals surface area contributed by atoms with Crippen molar-refractivity contribution in [3.8, 4) is 0 Å². The van der Waals surface area contributed by atoms with Gasteiger partial charge in [0.05, 0.1) is 11.6 Å². The fourth-order valence-corrected chi connectivity index (χ4v) is 2.18. The van der Waals surface area contributed by atoms with Gasteiger partial charge in [-0.25, -0.2) is 0 Å². The lowest BCUT2D eigenvalue weighted by atomic mass is 10.0. The predicted molar refractivity (Wildman–Crippen MR) is 75.0 cm³/mol. The number of benzene rings is 1. The molecule has 2 rings (SSSR count). The van der Waals surface area contributed by atoms with Crippen LogP contribution in [0.5, 0.6) is 0 Å². The molecule has 2 aromatic rings. The van der Waals surface area contributed by atoms with Gasteiger partial charge < -0.3 is 9.73 Å². The average Bonchev–Trinajstić information content (AvgIpc) is 2.93. The molecule has 1 unspecified atom stereocenters. The van der Waals surface area contributed by atoms with Crippen molar-refractivity contribution < 1.29 is 17.6 Å². The predicted octanol–water partition coefficient (Wildman–Crippen LogP) is 4.36. The van der Waals surface area contributed by atoms with Crippen molar-refractivity contribution in [3.05, 3.63) is 59.0 Å². The second kappa shape index (κ2) is 6.35. The Morgan fingerprint density at radius 2 is 1.76 bits per heavy atom. The maximum atomic E-state index is 12.5. The van der Waals surface area contributed by atoms with Gasteiger partial charge in [0.25, 0.3) is 0 Å². The highest BCUT2D eigenvalue weighted by Crippen LogP contribution is 2.30. The summed E-state index contributed by atoms with van der Waals surface area (Å²) in [6.45, 7) is 2.01. The van der Waals surface area contributed by atoms with E-state index in [1.165, 1.54) is 12.1 Å². The zero-order valence-electron chi connectivity index (χ0n) is 12.0. The average molecular weight is 297 g/mol. The first-order chi connectivity index (χ1) is 9.94. The molecule has 0 bridgehead atoms. The van der Waals surface area contributed by atoms with Crippen LogP contribution in [0.1, 0.15) is 35.6 Å². The SMILES string of the molecule is CCc1ccc(C(Cc2ccc(C(F)(F)F)cc2)NC)o1. The van der Waals surface area contributed by atoms with Crippen molar-refractivity contribution >= 4 is 0 Å². The van der Waals surface area contributed by atoms with Crippen molar-refractivity contribution in [1.82, 2.24) is 5.32 Å². The van der Waals surface area contributed by atoms with Crippen LogP contribution in [-0.4, -0.2) is 7.05 Å². The van der Waals surface area contributed by atoms with Crippen LogP contribution >= 0.6 is 0 Å². The first kappa shape index (κ1) is 15.6. The molecule has 1 heterocycles. The van der Waals surface area contributed by atoms with Crippen molar-refractivity contribution in [2.75, 3.05) is 7.05 Å². The number of furan rings is 1. The quantitative estimate of drug-likeness (QED) is 0.887. The standard InChI is InChI=1S/C16H18F3NO/c1-3-13-8-9-15(21-13)14(20-2)10-11-4-6-12(7-5-11)16(17,18)19/h4-9,14,20H,3,10H2,1-2H3. The monoisotopic (exact) mass is 297 g/mol. The molecule has 0 fully saturated rings.